The van der Waals surface area contributed by atoms with Crippen molar-refractivity contribution in [3.63, 3.8) is 0 Å². The Morgan fingerprint density at radius 1 is 1.15 bits per heavy atom. The zero-order valence-electron chi connectivity index (χ0n) is 21.1. The number of likely N-dealkylation sites (tertiary alicyclic amines) is 1. The summed E-state index contributed by atoms with van der Waals surface area (Å²) >= 11 is 0. The molecule has 0 radical (unpaired) electrons. The monoisotopic (exact) mass is 538 g/mol. The molecule has 2 aromatic carbocycles. The minimum Gasteiger partial charge on any atom is -0.493 e. The summed E-state index contributed by atoms with van der Waals surface area (Å²) in [7, 11) is 0. The fourth-order valence-electron chi connectivity index (χ4n) is 4.34. The lowest BCUT2D eigenvalue weighted by molar-refractivity contribution is -0.117. The molecule has 3 N–H and O–H groups in total. The van der Waals surface area contributed by atoms with Gasteiger partial charge in [-0.05, 0) is 43.5 Å². The first-order valence-electron chi connectivity index (χ1n) is 12.6. The van der Waals surface area contributed by atoms with Crippen molar-refractivity contribution >= 4 is 34.1 Å². The molecule has 1 aliphatic heterocycles. The molecule has 0 bridgehead atoms. The SMILES string of the molecule is O=C(Cn1cc(Nc2ncnc3cc(OCCCN4CCC(O)CC4)ccc23)nn1)Nc1cccc(F)c1F. The number of ether oxygens (including phenoxy) is 1. The van der Waals surface area contributed by atoms with Gasteiger partial charge >= 0.3 is 0 Å². The minimum absolute atomic E-state index is 0.171. The number of piperidine rings is 1. The highest BCUT2D eigenvalue weighted by atomic mass is 19.2. The highest BCUT2D eigenvalue weighted by Gasteiger charge is 2.16. The van der Waals surface area contributed by atoms with Crippen molar-refractivity contribution in [2.75, 3.05) is 36.9 Å². The molecule has 5 rings (SSSR count). The molecule has 1 aliphatic rings. The van der Waals surface area contributed by atoms with Crippen LogP contribution in [0.5, 0.6) is 5.75 Å². The number of anilines is 3. The van der Waals surface area contributed by atoms with Gasteiger partial charge in [-0.2, -0.15) is 0 Å². The maximum atomic E-state index is 13.8. The van der Waals surface area contributed by atoms with E-state index in [1.165, 1.54) is 29.3 Å². The van der Waals surface area contributed by atoms with Gasteiger partial charge in [-0.25, -0.2) is 23.4 Å². The summed E-state index contributed by atoms with van der Waals surface area (Å²) in [6.07, 6.45) is 5.28. The molecule has 39 heavy (non-hydrogen) atoms. The lowest BCUT2D eigenvalue weighted by Gasteiger charge is -2.29. The van der Waals surface area contributed by atoms with Gasteiger partial charge in [0.25, 0.3) is 0 Å². The molecular weight excluding hydrogens is 510 g/mol. The van der Waals surface area contributed by atoms with Crippen LogP contribution >= 0.6 is 0 Å². The van der Waals surface area contributed by atoms with E-state index >= 15 is 0 Å². The summed E-state index contributed by atoms with van der Waals surface area (Å²) in [4.78, 5) is 23.2. The molecule has 0 aliphatic carbocycles. The number of amides is 1. The molecule has 204 valence electrons. The standard InChI is InChI=1S/C26H28F2N8O3/c27-20-3-1-4-21(25(20)28)31-24(38)15-36-14-23(33-34-36)32-26-19-6-5-18(13-22(19)29-16-30-26)39-12-2-9-35-10-7-17(37)8-11-35/h1,3-6,13-14,16-17,37H,2,7-12,15H2,(H,31,38)(H,29,30,32). The predicted octanol–water partition coefficient (Wildman–Crippen LogP) is 3.11. The molecule has 0 unspecified atom stereocenters. The average molecular weight is 539 g/mol. The number of aromatic nitrogens is 5. The number of nitrogens with one attached hydrogen (secondary N) is 2. The number of aliphatic hydroxyl groups is 1. The Kier molecular flexibility index (Phi) is 8.18. The maximum Gasteiger partial charge on any atom is 0.246 e. The fourth-order valence-corrected chi connectivity index (χ4v) is 4.34. The Bertz CT molecular complexity index is 1440. The van der Waals surface area contributed by atoms with Crippen LogP contribution in [-0.2, 0) is 11.3 Å². The van der Waals surface area contributed by atoms with Crippen molar-refractivity contribution in [2.45, 2.75) is 31.9 Å². The highest BCUT2D eigenvalue weighted by Crippen LogP contribution is 2.26. The van der Waals surface area contributed by atoms with Crippen LogP contribution in [0.15, 0.2) is 48.9 Å². The molecule has 0 spiro atoms. The van der Waals surface area contributed by atoms with Gasteiger partial charge in [-0.3, -0.25) is 4.79 Å². The number of aliphatic hydroxyl groups excluding tert-OH is 1. The molecular formula is C26H28F2N8O3. The Morgan fingerprint density at radius 2 is 2.00 bits per heavy atom. The van der Waals surface area contributed by atoms with Crippen LogP contribution in [0.4, 0.5) is 26.1 Å². The molecule has 0 atom stereocenters. The first-order valence-corrected chi connectivity index (χ1v) is 12.6. The van der Waals surface area contributed by atoms with Crippen LogP contribution in [0.3, 0.4) is 0 Å². The second kappa shape index (κ2) is 12.1. The second-order valence-electron chi connectivity index (χ2n) is 9.25. The van der Waals surface area contributed by atoms with Crippen molar-refractivity contribution in [3.05, 3.63) is 60.6 Å². The Balaban J connectivity index is 1.15. The van der Waals surface area contributed by atoms with E-state index in [1.807, 2.05) is 18.2 Å². The smallest absolute Gasteiger partial charge is 0.246 e. The minimum atomic E-state index is -1.13. The third-order valence-electron chi connectivity index (χ3n) is 6.37. The number of halogens is 2. The zero-order chi connectivity index (χ0) is 27.2. The van der Waals surface area contributed by atoms with Crippen LogP contribution < -0.4 is 15.4 Å². The van der Waals surface area contributed by atoms with E-state index in [0.717, 1.165) is 50.3 Å². The Labute approximate surface area is 222 Å². The maximum absolute atomic E-state index is 13.8. The highest BCUT2D eigenvalue weighted by molar-refractivity contribution is 5.91. The third kappa shape index (κ3) is 6.81. The van der Waals surface area contributed by atoms with Gasteiger partial charge in [0.2, 0.25) is 5.91 Å². The third-order valence-corrected chi connectivity index (χ3v) is 6.37. The summed E-state index contributed by atoms with van der Waals surface area (Å²) in [5, 5.41) is 23.7. The van der Waals surface area contributed by atoms with Gasteiger partial charge in [0.05, 0.1) is 30.1 Å². The number of carbonyl (C=O) groups excluding carboxylic acids is 1. The van der Waals surface area contributed by atoms with Gasteiger partial charge in [0, 0.05) is 31.1 Å². The van der Waals surface area contributed by atoms with Gasteiger partial charge < -0.3 is 25.4 Å². The van der Waals surface area contributed by atoms with Crippen molar-refractivity contribution in [2.24, 2.45) is 0 Å². The van der Waals surface area contributed by atoms with Crippen LogP contribution in [0.1, 0.15) is 19.3 Å². The van der Waals surface area contributed by atoms with Crippen molar-refractivity contribution < 1.29 is 23.4 Å². The summed E-state index contributed by atoms with van der Waals surface area (Å²) in [5.74, 6) is -1.23. The quantitative estimate of drug-likeness (QED) is 0.261. The Morgan fingerprint density at radius 3 is 2.85 bits per heavy atom. The van der Waals surface area contributed by atoms with E-state index in [4.69, 9.17) is 4.74 Å². The molecule has 1 saturated heterocycles. The summed E-state index contributed by atoms with van der Waals surface area (Å²) in [5.41, 5.74) is 0.427. The van der Waals surface area contributed by atoms with Crippen LogP contribution in [0, 0.1) is 11.6 Å². The van der Waals surface area contributed by atoms with E-state index in [9.17, 15) is 18.7 Å². The van der Waals surface area contributed by atoms with Crippen molar-refractivity contribution in [3.8, 4) is 5.75 Å². The second-order valence-corrected chi connectivity index (χ2v) is 9.25. The van der Waals surface area contributed by atoms with Crippen molar-refractivity contribution in [1.29, 1.82) is 0 Å². The molecule has 2 aromatic heterocycles. The van der Waals surface area contributed by atoms with E-state index in [1.54, 1.807) is 0 Å². The first kappa shape index (κ1) is 26.4. The lowest BCUT2D eigenvalue weighted by atomic mass is 10.1. The Hall–Kier alpha value is -4.23. The van der Waals surface area contributed by atoms with E-state index in [-0.39, 0.29) is 18.3 Å². The van der Waals surface area contributed by atoms with Gasteiger partial charge in [0.15, 0.2) is 17.5 Å². The zero-order valence-corrected chi connectivity index (χ0v) is 21.1. The molecule has 0 saturated carbocycles. The molecule has 4 aromatic rings. The van der Waals surface area contributed by atoms with E-state index < -0.39 is 17.5 Å². The summed E-state index contributed by atoms with van der Waals surface area (Å²) in [6.45, 7) is 3.08. The number of fused-ring (bicyclic) bond motifs is 1. The molecule has 1 amide bonds. The summed E-state index contributed by atoms with van der Waals surface area (Å²) < 4.78 is 34.3. The number of rotatable bonds is 10. The average Bonchev–Trinajstić information content (AvgIpc) is 3.36. The number of nitrogens with zero attached hydrogens (tertiary/aromatic N) is 6. The molecule has 13 heteroatoms. The first-order chi connectivity index (χ1) is 18.9. The van der Waals surface area contributed by atoms with Gasteiger partial charge in [-0.15, -0.1) is 5.10 Å². The molecule has 3 heterocycles. The largest absolute Gasteiger partial charge is 0.493 e. The lowest BCUT2D eigenvalue weighted by Crippen LogP contribution is -2.36. The predicted molar refractivity (Wildman–Crippen MR) is 140 cm³/mol. The van der Waals surface area contributed by atoms with E-state index in [2.05, 4.69) is 35.8 Å². The number of carbonyl (C=O) groups is 1. The van der Waals surface area contributed by atoms with Gasteiger partial charge in [0.1, 0.15) is 24.4 Å². The molecule has 11 nitrogen and oxygen atoms in total. The normalized spacial score (nSPS) is 14.4. The molecule has 1 fully saturated rings. The van der Waals surface area contributed by atoms with Crippen molar-refractivity contribution in [1.82, 2.24) is 29.9 Å². The van der Waals surface area contributed by atoms with Crippen LogP contribution in [0.25, 0.3) is 10.9 Å². The van der Waals surface area contributed by atoms with Crippen LogP contribution in [-0.4, -0.2) is 73.2 Å². The van der Waals surface area contributed by atoms with E-state index in [0.29, 0.717) is 29.5 Å². The summed E-state index contributed by atoms with van der Waals surface area (Å²) in [6, 6.07) is 9.08. The number of benzene rings is 2. The number of hydrogen-bond donors (Lipinski definition) is 3. The topological polar surface area (TPSA) is 130 Å². The fraction of sp³-hybridized carbons (Fsp3) is 0.346. The number of hydrogen-bond acceptors (Lipinski definition) is 9. The van der Waals surface area contributed by atoms with Crippen LogP contribution in [0.2, 0.25) is 0 Å². The van der Waals surface area contributed by atoms with Gasteiger partial charge in [-0.1, -0.05) is 11.3 Å².